The van der Waals surface area contributed by atoms with Crippen LogP contribution >= 0.6 is 11.8 Å². The number of aromatic hydroxyl groups is 1. The average molecular weight is 392 g/mol. The average Bonchev–Trinajstić information content (AvgIpc) is 2.72. The highest BCUT2D eigenvalue weighted by Gasteiger charge is 2.17. The quantitative estimate of drug-likeness (QED) is 0.487. The maximum Gasteiger partial charge on any atom is 0.342 e. The van der Waals surface area contributed by atoms with Crippen molar-refractivity contribution in [2.45, 2.75) is 4.90 Å². The summed E-state index contributed by atoms with van der Waals surface area (Å²) < 4.78 is 5.04. The molecule has 7 heteroatoms. The molecule has 1 amide bonds. The molecule has 140 valence electrons. The van der Waals surface area contributed by atoms with Crippen LogP contribution in [0.25, 0.3) is 10.8 Å². The highest BCUT2D eigenvalue weighted by molar-refractivity contribution is 7.99. The van der Waals surface area contributed by atoms with Crippen LogP contribution in [0.15, 0.2) is 65.6 Å². The number of thioether (sulfide) groups is 1. The van der Waals surface area contributed by atoms with Gasteiger partial charge in [-0.15, -0.1) is 11.8 Å². The van der Waals surface area contributed by atoms with Crippen molar-refractivity contribution in [3.63, 3.8) is 0 Å². The number of nitrogens with zero attached hydrogens (tertiary/aromatic N) is 1. The Labute approximate surface area is 165 Å². The zero-order valence-electron chi connectivity index (χ0n) is 14.7. The Morgan fingerprint density at radius 3 is 2.64 bits per heavy atom. The molecule has 0 bridgehead atoms. The van der Waals surface area contributed by atoms with Gasteiger partial charge in [0.05, 0.1) is 17.5 Å². The van der Waals surface area contributed by atoms with Crippen molar-refractivity contribution in [3.8, 4) is 11.8 Å². The van der Waals surface area contributed by atoms with E-state index in [0.717, 1.165) is 10.3 Å². The summed E-state index contributed by atoms with van der Waals surface area (Å²) in [5, 5.41) is 23.0. The summed E-state index contributed by atoms with van der Waals surface area (Å²) in [6, 6.07) is 19.4. The fraction of sp³-hybridized carbons (Fsp3) is 0.0952. The molecule has 2 N–H and O–H groups in total. The maximum absolute atomic E-state index is 12.3. The largest absolute Gasteiger partial charge is 0.506 e. The van der Waals surface area contributed by atoms with Crippen LogP contribution < -0.4 is 5.32 Å². The van der Waals surface area contributed by atoms with Crippen LogP contribution in [0.3, 0.4) is 0 Å². The number of fused-ring (bicyclic) bond motifs is 1. The second-order valence-corrected chi connectivity index (χ2v) is 6.77. The molecule has 0 radical (unpaired) electrons. The molecule has 0 unspecified atom stereocenters. The minimum Gasteiger partial charge on any atom is -0.506 e. The van der Waals surface area contributed by atoms with Crippen molar-refractivity contribution in [2.24, 2.45) is 0 Å². The number of anilines is 1. The Bertz CT molecular complexity index is 1080. The standard InChI is InChI=1S/C21H16N2O4S/c22-11-12-28-18-8-4-3-7-17(18)23-19(24)13-27-21(26)16-10-9-14-5-1-2-6-15(14)20(16)25/h1-10,25H,12-13H2,(H,23,24). The fourth-order valence-electron chi connectivity index (χ4n) is 2.62. The van der Waals surface area contributed by atoms with E-state index in [1.54, 1.807) is 42.5 Å². The molecular weight excluding hydrogens is 376 g/mol. The minimum absolute atomic E-state index is 0.00326. The molecule has 6 nitrogen and oxygen atoms in total. The summed E-state index contributed by atoms with van der Waals surface area (Å²) in [5.41, 5.74) is 0.536. The number of carbonyl (C=O) groups excluding carboxylic acids is 2. The third kappa shape index (κ3) is 4.42. The summed E-state index contributed by atoms with van der Waals surface area (Å²) in [6.45, 7) is -0.498. The van der Waals surface area contributed by atoms with E-state index < -0.39 is 18.5 Å². The fourth-order valence-corrected chi connectivity index (χ4v) is 3.29. The normalized spacial score (nSPS) is 10.2. The molecule has 0 aliphatic rings. The Morgan fingerprint density at radius 1 is 1.07 bits per heavy atom. The predicted octanol–water partition coefficient (Wildman–Crippen LogP) is 3.96. The number of rotatable bonds is 6. The van der Waals surface area contributed by atoms with Crippen LogP contribution in [0.4, 0.5) is 5.69 Å². The van der Waals surface area contributed by atoms with Gasteiger partial charge in [-0.25, -0.2) is 4.79 Å². The molecule has 3 aromatic rings. The number of carbonyl (C=O) groups is 2. The highest BCUT2D eigenvalue weighted by atomic mass is 32.2. The van der Waals surface area contributed by atoms with Gasteiger partial charge < -0.3 is 15.2 Å². The monoisotopic (exact) mass is 392 g/mol. The number of amides is 1. The Hall–Kier alpha value is -3.50. The molecule has 0 heterocycles. The lowest BCUT2D eigenvalue weighted by Crippen LogP contribution is -2.21. The molecule has 0 spiro atoms. The number of para-hydroxylation sites is 1. The minimum atomic E-state index is -0.787. The summed E-state index contributed by atoms with van der Waals surface area (Å²) in [6.07, 6.45) is 0. The first-order chi connectivity index (χ1) is 13.6. The molecular formula is C21H16N2O4S. The first-order valence-electron chi connectivity index (χ1n) is 8.36. The molecule has 0 atom stereocenters. The third-order valence-corrected chi connectivity index (χ3v) is 4.85. The lowest BCUT2D eigenvalue weighted by molar-refractivity contribution is -0.119. The van der Waals surface area contributed by atoms with E-state index in [1.807, 2.05) is 18.2 Å². The summed E-state index contributed by atoms with van der Waals surface area (Å²) in [5.74, 6) is -1.23. The second-order valence-electron chi connectivity index (χ2n) is 5.75. The lowest BCUT2D eigenvalue weighted by atomic mass is 10.1. The molecule has 0 aliphatic heterocycles. The molecule has 0 saturated carbocycles. The van der Waals surface area contributed by atoms with E-state index in [0.29, 0.717) is 11.1 Å². The van der Waals surface area contributed by atoms with Crippen LogP contribution in [0.5, 0.6) is 5.75 Å². The number of hydrogen-bond donors (Lipinski definition) is 2. The first kappa shape index (κ1) is 19.3. The van der Waals surface area contributed by atoms with Crippen molar-refractivity contribution in [1.29, 1.82) is 5.26 Å². The number of esters is 1. The van der Waals surface area contributed by atoms with Crippen LogP contribution in [0.1, 0.15) is 10.4 Å². The Morgan fingerprint density at radius 2 is 1.82 bits per heavy atom. The van der Waals surface area contributed by atoms with E-state index in [2.05, 4.69) is 5.32 Å². The lowest BCUT2D eigenvalue weighted by Gasteiger charge is -2.11. The number of hydrogen-bond acceptors (Lipinski definition) is 6. The number of nitrogens with one attached hydrogen (secondary N) is 1. The first-order valence-corrected chi connectivity index (χ1v) is 9.35. The van der Waals surface area contributed by atoms with Gasteiger partial charge in [0.15, 0.2) is 6.61 Å². The maximum atomic E-state index is 12.3. The molecule has 3 rings (SSSR count). The SMILES string of the molecule is N#CCSc1ccccc1NC(=O)COC(=O)c1ccc2ccccc2c1O. The molecule has 0 saturated heterocycles. The molecule has 3 aromatic carbocycles. The van der Waals surface area contributed by atoms with E-state index >= 15 is 0 Å². The van der Waals surface area contributed by atoms with Gasteiger partial charge in [0.2, 0.25) is 0 Å². The van der Waals surface area contributed by atoms with Crippen molar-refractivity contribution < 1.29 is 19.4 Å². The van der Waals surface area contributed by atoms with Crippen LogP contribution in [-0.4, -0.2) is 29.3 Å². The summed E-state index contributed by atoms with van der Waals surface area (Å²) >= 11 is 1.30. The summed E-state index contributed by atoms with van der Waals surface area (Å²) in [7, 11) is 0. The zero-order valence-corrected chi connectivity index (χ0v) is 15.5. The zero-order chi connectivity index (χ0) is 19.9. The number of ether oxygens (including phenoxy) is 1. The smallest absolute Gasteiger partial charge is 0.342 e. The van der Waals surface area contributed by atoms with Crippen LogP contribution in [0.2, 0.25) is 0 Å². The van der Waals surface area contributed by atoms with E-state index in [9.17, 15) is 14.7 Å². The molecule has 0 aromatic heterocycles. The van der Waals surface area contributed by atoms with E-state index in [-0.39, 0.29) is 17.1 Å². The topological polar surface area (TPSA) is 99.4 Å². The number of phenols is 1. The van der Waals surface area contributed by atoms with Gasteiger partial charge in [0, 0.05) is 10.3 Å². The van der Waals surface area contributed by atoms with Crippen LogP contribution in [-0.2, 0) is 9.53 Å². The van der Waals surface area contributed by atoms with Gasteiger partial charge in [-0.1, -0.05) is 42.5 Å². The van der Waals surface area contributed by atoms with Gasteiger partial charge >= 0.3 is 5.97 Å². The van der Waals surface area contributed by atoms with Gasteiger partial charge in [0.25, 0.3) is 5.91 Å². The Kier molecular flexibility index (Phi) is 6.14. The van der Waals surface area contributed by atoms with Crippen LogP contribution in [0, 0.1) is 11.3 Å². The van der Waals surface area contributed by atoms with E-state index in [4.69, 9.17) is 10.00 Å². The number of phenolic OH excluding ortho intramolecular Hbond substituents is 1. The third-order valence-electron chi connectivity index (χ3n) is 3.91. The number of nitriles is 1. The van der Waals surface area contributed by atoms with Crippen molar-refractivity contribution >= 4 is 40.1 Å². The van der Waals surface area contributed by atoms with Crippen molar-refractivity contribution in [1.82, 2.24) is 0 Å². The van der Waals surface area contributed by atoms with Gasteiger partial charge in [-0.2, -0.15) is 5.26 Å². The van der Waals surface area contributed by atoms with Gasteiger partial charge in [-0.05, 0) is 23.6 Å². The molecule has 0 fully saturated rings. The summed E-state index contributed by atoms with van der Waals surface area (Å²) in [4.78, 5) is 25.2. The van der Waals surface area contributed by atoms with Gasteiger partial charge in [-0.3, -0.25) is 4.79 Å². The predicted molar refractivity (Wildman–Crippen MR) is 107 cm³/mol. The van der Waals surface area contributed by atoms with Gasteiger partial charge in [0.1, 0.15) is 11.3 Å². The Balaban J connectivity index is 1.65. The molecule has 0 aliphatic carbocycles. The number of benzene rings is 3. The second kappa shape index (κ2) is 8.93. The van der Waals surface area contributed by atoms with Crippen molar-refractivity contribution in [2.75, 3.05) is 17.7 Å². The van der Waals surface area contributed by atoms with Crippen molar-refractivity contribution in [3.05, 3.63) is 66.2 Å². The van der Waals surface area contributed by atoms with E-state index in [1.165, 1.54) is 17.8 Å². The molecule has 28 heavy (non-hydrogen) atoms. The highest BCUT2D eigenvalue weighted by Crippen LogP contribution is 2.29.